The van der Waals surface area contributed by atoms with Crippen molar-refractivity contribution in [3.8, 4) is 0 Å². The van der Waals surface area contributed by atoms with E-state index < -0.39 is 0 Å². The first-order valence-corrected chi connectivity index (χ1v) is 9.38. The van der Waals surface area contributed by atoms with Crippen LogP contribution in [-0.4, -0.2) is 11.8 Å². The van der Waals surface area contributed by atoms with E-state index in [0.717, 1.165) is 22.3 Å². The molecular formula is C24H24N2O2. The molecule has 4 heteroatoms. The highest BCUT2D eigenvalue weighted by Crippen LogP contribution is 2.06. The minimum Gasteiger partial charge on any atom is -0.352 e. The average Bonchev–Trinajstić information content (AvgIpc) is 2.73. The molecular weight excluding hydrogens is 348 g/mol. The smallest absolute Gasteiger partial charge is 0.224 e. The Bertz CT molecular complexity index is 835. The van der Waals surface area contributed by atoms with Crippen molar-refractivity contribution in [3.05, 3.63) is 107 Å². The van der Waals surface area contributed by atoms with Crippen LogP contribution in [0.5, 0.6) is 0 Å². The van der Waals surface area contributed by atoms with E-state index in [9.17, 15) is 9.59 Å². The van der Waals surface area contributed by atoms with Crippen LogP contribution in [0.3, 0.4) is 0 Å². The molecule has 0 heterocycles. The van der Waals surface area contributed by atoms with Gasteiger partial charge >= 0.3 is 0 Å². The molecule has 0 spiro atoms. The van der Waals surface area contributed by atoms with Crippen LogP contribution < -0.4 is 10.6 Å². The second kappa shape index (κ2) is 10.1. The Balaban J connectivity index is 1.45. The molecule has 3 aromatic rings. The van der Waals surface area contributed by atoms with Gasteiger partial charge in [0.25, 0.3) is 0 Å². The third kappa shape index (κ3) is 6.40. The van der Waals surface area contributed by atoms with Crippen molar-refractivity contribution in [2.45, 2.75) is 25.9 Å². The van der Waals surface area contributed by atoms with E-state index in [-0.39, 0.29) is 11.8 Å². The Morgan fingerprint density at radius 2 is 0.929 bits per heavy atom. The van der Waals surface area contributed by atoms with Gasteiger partial charge in [0.15, 0.2) is 0 Å². The van der Waals surface area contributed by atoms with Crippen molar-refractivity contribution in [1.29, 1.82) is 0 Å². The summed E-state index contributed by atoms with van der Waals surface area (Å²) in [6, 6.07) is 27.2. The maximum atomic E-state index is 12.1. The quantitative estimate of drug-likeness (QED) is 0.637. The molecule has 2 amide bonds. The van der Waals surface area contributed by atoms with E-state index in [2.05, 4.69) is 10.6 Å². The van der Waals surface area contributed by atoms with Gasteiger partial charge in [-0.3, -0.25) is 9.59 Å². The molecule has 0 radical (unpaired) electrons. The van der Waals surface area contributed by atoms with E-state index in [0.29, 0.717) is 25.9 Å². The van der Waals surface area contributed by atoms with Gasteiger partial charge in [-0.2, -0.15) is 0 Å². The maximum Gasteiger partial charge on any atom is 0.224 e. The van der Waals surface area contributed by atoms with E-state index >= 15 is 0 Å². The standard InChI is InChI=1S/C24H24N2O2/c27-23(15-19-8-3-1-4-9-19)25-17-21-12-7-13-22(14-21)18-26-24(28)16-20-10-5-2-6-11-20/h1-14H,15-18H2,(H,25,27)(H,26,28). The van der Waals surface area contributed by atoms with Crippen LogP contribution in [0, 0.1) is 0 Å². The molecule has 3 aromatic carbocycles. The summed E-state index contributed by atoms with van der Waals surface area (Å²) in [5.41, 5.74) is 4.01. The van der Waals surface area contributed by atoms with E-state index in [1.807, 2.05) is 84.9 Å². The van der Waals surface area contributed by atoms with Crippen LogP contribution >= 0.6 is 0 Å². The van der Waals surface area contributed by atoms with Crippen molar-refractivity contribution >= 4 is 11.8 Å². The molecule has 0 aliphatic carbocycles. The summed E-state index contributed by atoms with van der Waals surface area (Å²) in [5, 5.41) is 5.89. The van der Waals surface area contributed by atoms with Crippen molar-refractivity contribution in [3.63, 3.8) is 0 Å². The largest absolute Gasteiger partial charge is 0.352 e. The van der Waals surface area contributed by atoms with Gasteiger partial charge < -0.3 is 10.6 Å². The van der Waals surface area contributed by atoms with Crippen molar-refractivity contribution < 1.29 is 9.59 Å². The molecule has 4 nitrogen and oxygen atoms in total. The lowest BCUT2D eigenvalue weighted by Crippen LogP contribution is -2.25. The second-order valence-electron chi connectivity index (χ2n) is 6.70. The van der Waals surface area contributed by atoms with Crippen LogP contribution in [0.25, 0.3) is 0 Å². The molecule has 28 heavy (non-hydrogen) atoms. The zero-order chi connectivity index (χ0) is 19.6. The van der Waals surface area contributed by atoms with Crippen LogP contribution in [0.15, 0.2) is 84.9 Å². The highest BCUT2D eigenvalue weighted by atomic mass is 16.2. The monoisotopic (exact) mass is 372 g/mol. The van der Waals surface area contributed by atoms with Crippen molar-refractivity contribution in [2.75, 3.05) is 0 Å². The summed E-state index contributed by atoms with van der Waals surface area (Å²) >= 11 is 0. The molecule has 0 aliphatic rings. The fourth-order valence-corrected chi connectivity index (χ4v) is 2.94. The third-order valence-corrected chi connectivity index (χ3v) is 4.39. The maximum absolute atomic E-state index is 12.1. The van der Waals surface area contributed by atoms with Gasteiger partial charge in [0, 0.05) is 13.1 Å². The fraction of sp³-hybridized carbons (Fsp3) is 0.167. The number of benzene rings is 3. The Labute approximate surface area is 165 Å². The van der Waals surface area contributed by atoms with E-state index in [4.69, 9.17) is 0 Å². The number of amides is 2. The lowest BCUT2D eigenvalue weighted by molar-refractivity contribution is -0.121. The van der Waals surface area contributed by atoms with Gasteiger partial charge in [0.2, 0.25) is 11.8 Å². The van der Waals surface area contributed by atoms with Gasteiger partial charge in [-0.1, -0.05) is 84.9 Å². The zero-order valence-electron chi connectivity index (χ0n) is 15.7. The van der Waals surface area contributed by atoms with Gasteiger partial charge in [-0.15, -0.1) is 0 Å². The zero-order valence-corrected chi connectivity index (χ0v) is 15.7. The number of hydrogen-bond donors (Lipinski definition) is 2. The number of hydrogen-bond acceptors (Lipinski definition) is 2. The summed E-state index contributed by atoms with van der Waals surface area (Å²) in [6.45, 7) is 0.939. The number of carbonyl (C=O) groups is 2. The summed E-state index contributed by atoms with van der Waals surface area (Å²) < 4.78 is 0. The molecule has 142 valence electrons. The normalized spacial score (nSPS) is 10.3. The first kappa shape index (κ1) is 19.4. The predicted molar refractivity (Wildman–Crippen MR) is 110 cm³/mol. The minimum absolute atomic E-state index is 0.00670. The molecule has 0 unspecified atom stereocenters. The molecule has 0 aromatic heterocycles. The number of nitrogens with one attached hydrogen (secondary N) is 2. The second-order valence-corrected chi connectivity index (χ2v) is 6.70. The van der Waals surface area contributed by atoms with Crippen LogP contribution in [-0.2, 0) is 35.5 Å². The number of rotatable bonds is 8. The summed E-state index contributed by atoms with van der Waals surface area (Å²) in [5.74, 6) is -0.0134. The Hall–Kier alpha value is -3.40. The van der Waals surface area contributed by atoms with Crippen molar-refractivity contribution in [2.24, 2.45) is 0 Å². The molecule has 0 bridgehead atoms. The summed E-state index contributed by atoms with van der Waals surface area (Å²) in [6.07, 6.45) is 0.742. The van der Waals surface area contributed by atoms with Gasteiger partial charge in [0.05, 0.1) is 12.8 Å². The molecule has 0 saturated carbocycles. The number of carbonyl (C=O) groups excluding carboxylic acids is 2. The average molecular weight is 372 g/mol. The van der Waals surface area contributed by atoms with Crippen molar-refractivity contribution in [1.82, 2.24) is 10.6 Å². The Morgan fingerprint density at radius 1 is 0.536 bits per heavy atom. The van der Waals surface area contributed by atoms with E-state index in [1.54, 1.807) is 0 Å². The molecule has 0 saturated heterocycles. The highest BCUT2D eigenvalue weighted by Gasteiger charge is 2.05. The summed E-state index contributed by atoms with van der Waals surface area (Å²) in [4.78, 5) is 24.2. The predicted octanol–water partition coefficient (Wildman–Crippen LogP) is 3.40. The van der Waals surface area contributed by atoms with E-state index in [1.165, 1.54) is 0 Å². The lowest BCUT2D eigenvalue weighted by atomic mass is 10.1. The van der Waals surface area contributed by atoms with Crippen LogP contribution in [0.4, 0.5) is 0 Å². The van der Waals surface area contributed by atoms with Crippen LogP contribution in [0.1, 0.15) is 22.3 Å². The summed E-state index contributed by atoms with van der Waals surface area (Å²) in [7, 11) is 0. The van der Waals surface area contributed by atoms with Gasteiger partial charge in [-0.05, 0) is 22.3 Å². The first-order chi connectivity index (χ1) is 13.7. The van der Waals surface area contributed by atoms with Crippen LogP contribution in [0.2, 0.25) is 0 Å². The third-order valence-electron chi connectivity index (χ3n) is 4.39. The molecule has 2 N–H and O–H groups in total. The highest BCUT2D eigenvalue weighted by molar-refractivity contribution is 5.79. The molecule has 0 aliphatic heterocycles. The van der Waals surface area contributed by atoms with Gasteiger partial charge in [-0.25, -0.2) is 0 Å². The lowest BCUT2D eigenvalue weighted by Gasteiger charge is -2.09. The molecule has 3 rings (SSSR count). The topological polar surface area (TPSA) is 58.2 Å². The fourth-order valence-electron chi connectivity index (χ4n) is 2.94. The Kier molecular flexibility index (Phi) is 6.96. The Morgan fingerprint density at radius 3 is 1.36 bits per heavy atom. The minimum atomic E-state index is -0.00670. The first-order valence-electron chi connectivity index (χ1n) is 9.38. The SMILES string of the molecule is O=C(Cc1ccccc1)NCc1cccc(CNC(=O)Cc2ccccc2)c1. The molecule has 0 atom stereocenters. The van der Waals surface area contributed by atoms with Gasteiger partial charge in [0.1, 0.15) is 0 Å². The molecule has 0 fully saturated rings.